The van der Waals surface area contributed by atoms with E-state index >= 15 is 0 Å². The molecule has 4 unspecified atom stereocenters. The number of aliphatic hydroxyl groups is 1. The highest BCUT2D eigenvalue weighted by Gasteiger charge is 2.30. The van der Waals surface area contributed by atoms with E-state index in [2.05, 4.69) is 65.8 Å². The van der Waals surface area contributed by atoms with Gasteiger partial charge in [0, 0.05) is 25.7 Å². The van der Waals surface area contributed by atoms with Crippen LogP contribution >= 0.6 is 15.6 Å². The lowest BCUT2D eigenvalue weighted by Crippen LogP contribution is -2.30. The summed E-state index contributed by atoms with van der Waals surface area (Å²) in [7, 11) is -9.92. The molecule has 0 aromatic carbocycles. The first kappa shape index (κ1) is 91.5. The molecule has 17 nitrogen and oxygen atoms in total. The van der Waals surface area contributed by atoms with Crippen molar-refractivity contribution in [3.8, 4) is 0 Å². The van der Waals surface area contributed by atoms with Crippen LogP contribution in [0.2, 0.25) is 0 Å². The van der Waals surface area contributed by atoms with E-state index in [0.717, 1.165) is 127 Å². The predicted octanol–water partition coefficient (Wildman–Crippen LogP) is 21.5. The van der Waals surface area contributed by atoms with E-state index in [4.69, 9.17) is 37.0 Å². The molecule has 0 aromatic heterocycles. The smallest absolute Gasteiger partial charge is 0.462 e. The lowest BCUT2D eigenvalue weighted by molar-refractivity contribution is -0.161. The van der Waals surface area contributed by atoms with E-state index in [0.29, 0.717) is 25.7 Å². The van der Waals surface area contributed by atoms with Crippen LogP contribution in [0.1, 0.15) is 363 Å². The summed E-state index contributed by atoms with van der Waals surface area (Å²) in [6.07, 6.45) is 56.3. The Hall–Kier alpha value is -2.46. The second-order valence-electron chi connectivity index (χ2n) is 26.8. The average Bonchev–Trinajstić information content (AvgIpc) is 1.38. The zero-order valence-corrected chi connectivity index (χ0v) is 62.5. The standard InChI is InChI=1S/C75H142O17P2/c1-7-11-13-15-17-19-21-23-25-26-28-30-32-34-39-47-53-59-74(79)91-70(63-85-72(77)57-51-45-38-33-31-29-27-24-22-20-18-16-14-12-8-2)65-89-93(81,82)87-61-69(76)62-88-94(83,84)90-66-71(64-86-73(78)58-52-46-42-41-44-50-56-68(6)10-4)92-75(80)60-54-48-40-36-35-37-43-49-55-67(5)9-3/h20,22,24,27,67-71,76H,7-19,21,23,25-26,28-66H2,1-6H3,(H,81,82)(H,83,84)/b22-20-,27-24-/t67?,68?,69-,70-,71-/m1/s1. The van der Waals surface area contributed by atoms with Gasteiger partial charge in [0.2, 0.25) is 0 Å². The van der Waals surface area contributed by atoms with E-state index in [1.807, 2.05) is 0 Å². The number of phosphoric ester groups is 2. The molecule has 0 aliphatic carbocycles. The Balaban J connectivity index is 5.29. The molecule has 0 saturated carbocycles. The third-order valence-corrected chi connectivity index (χ3v) is 19.5. The third-order valence-electron chi connectivity index (χ3n) is 17.6. The molecule has 0 rings (SSSR count). The fourth-order valence-electron chi connectivity index (χ4n) is 10.9. The van der Waals surface area contributed by atoms with Crippen molar-refractivity contribution in [3.63, 3.8) is 0 Å². The topological polar surface area (TPSA) is 237 Å². The third kappa shape index (κ3) is 65.5. The van der Waals surface area contributed by atoms with Gasteiger partial charge in [-0.25, -0.2) is 9.13 Å². The number of hydrogen-bond acceptors (Lipinski definition) is 15. The van der Waals surface area contributed by atoms with Crippen LogP contribution in [0.4, 0.5) is 0 Å². The maximum absolute atomic E-state index is 13.1. The lowest BCUT2D eigenvalue weighted by atomic mass is 9.99. The van der Waals surface area contributed by atoms with Gasteiger partial charge in [-0.05, 0) is 63.2 Å². The van der Waals surface area contributed by atoms with E-state index in [1.54, 1.807) is 0 Å². The highest BCUT2D eigenvalue weighted by atomic mass is 31.2. The Morgan fingerprint density at radius 2 is 0.596 bits per heavy atom. The summed E-state index contributed by atoms with van der Waals surface area (Å²) in [5, 5.41) is 10.6. The van der Waals surface area contributed by atoms with Crippen LogP contribution in [0.25, 0.3) is 0 Å². The zero-order valence-electron chi connectivity index (χ0n) is 60.7. The molecule has 0 spiro atoms. The molecular weight excluding hydrogens is 1230 g/mol. The molecule has 0 amide bonds. The normalized spacial score (nSPS) is 14.8. The maximum atomic E-state index is 13.1. The van der Waals surface area contributed by atoms with Gasteiger partial charge in [0.25, 0.3) is 0 Å². The maximum Gasteiger partial charge on any atom is 0.472 e. The fourth-order valence-corrected chi connectivity index (χ4v) is 12.5. The van der Waals surface area contributed by atoms with Gasteiger partial charge in [0.1, 0.15) is 19.3 Å². The van der Waals surface area contributed by atoms with Crippen molar-refractivity contribution in [1.82, 2.24) is 0 Å². The van der Waals surface area contributed by atoms with Crippen molar-refractivity contribution in [3.05, 3.63) is 24.3 Å². The number of aliphatic hydroxyl groups excluding tert-OH is 1. The Labute approximate surface area is 573 Å². The van der Waals surface area contributed by atoms with Crippen molar-refractivity contribution in [2.24, 2.45) is 11.8 Å². The number of unbranched alkanes of at least 4 members (excludes halogenated alkanes) is 37. The van der Waals surface area contributed by atoms with Gasteiger partial charge >= 0.3 is 39.5 Å². The largest absolute Gasteiger partial charge is 0.472 e. The minimum absolute atomic E-state index is 0.101. The number of esters is 4. The molecule has 7 atom stereocenters. The van der Waals surface area contributed by atoms with E-state index in [-0.39, 0.29) is 25.7 Å². The van der Waals surface area contributed by atoms with Crippen LogP contribution in [0.5, 0.6) is 0 Å². The molecule has 554 valence electrons. The van der Waals surface area contributed by atoms with Crippen LogP contribution in [0.15, 0.2) is 24.3 Å². The number of rotatable bonds is 72. The molecular formula is C75H142O17P2. The summed E-state index contributed by atoms with van der Waals surface area (Å²) in [5.74, 6) is -0.653. The number of phosphoric acid groups is 2. The molecule has 3 N–H and O–H groups in total. The second kappa shape index (κ2) is 66.4. The summed E-state index contributed by atoms with van der Waals surface area (Å²) in [6.45, 7) is 9.47. The molecule has 19 heteroatoms. The summed E-state index contributed by atoms with van der Waals surface area (Å²) < 4.78 is 68.4. The monoisotopic (exact) mass is 1380 g/mol. The summed E-state index contributed by atoms with van der Waals surface area (Å²) in [4.78, 5) is 72.7. The Morgan fingerprint density at radius 3 is 0.904 bits per heavy atom. The van der Waals surface area contributed by atoms with Gasteiger partial charge in [-0.1, -0.05) is 310 Å². The number of carbonyl (C=O) groups is 4. The van der Waals surface area contributed by atoms with Crippen LogP contribution in [-0.2, 0) is 65.4 Å². The zero-order chi connectivity index (χ0) is 69.3. The Bertz CT molecular complexity index is 1920. The number of allylic oxidation sites excluding steroid dienone is 4. The molecule has 0 saturated heterocycles. The molecule has 0 heterocycles. The van der Waals surface area contributed by atoms with Crippen molar-refractivity contribution in [1.29, 1.82) is 0 Å². The predicted molar refractivity (Wildman–Crippen MR) is 381 cm³/mol. The fraction of sp³-hybridized carbons (Fsp3) is 0.893. The van der Waals surface area contributed by atoms with Gasteiger partial charge in [-0.2, -0.15) is 0 Å². The molecule has 0 radical (unpaired) electrons. The molecule has 0 aliphatic heterocycles. The van der Waals surface area contributed by atoms with Crippen LogP contribution in [-0.4, -0.2) is 96.7 Å². The van der Waals surface area contributed by atoms with E-state index in [9.17, 15) is 43.2 Å². The van der Waals surface area contributed by atoms with Crippen molar-refractivity contribution in [2.75, 3.05) is 39.6 Å². The summed E-state index contributed by atoms with van der Waals surface area (Å²) in [5.41, 5.74) is 0. The molecule has 94 heavy (non-hydrogen) atoms. The summed E-state index contributed by atoms with van der Waals surface area (Å²) in [6, 6.07) is 0. The average molecular weight is 1380 g/mol. The van der Waals surface area contributed by atoms with Crippen molar-refractivity contribution < 1.29 is 80.2 Å². The SMILES string of the molecule is CCCCCC/C=C\C=C/CCCCCCCC(=O)OC[C@H](COP(=O)(O)OC[C@@H](O)COP(=O)(O)OC[C@@H](COC(=O)CCCCCCCCC(C)CC)OC(=O)CCCCCCCCCCC(C)CC)OC(=O)CCCCCCCCCCCCCCCCCCC. The van der Waals surface area contributed by atoms with Gasteiger partial charge < -0.3 is 33.8 Å². The van der Waals surface area contributed by atoms with Crippen LogP contribution < -0.4 is 0 Å². The molecule has 0 fully saturated rings. The minimum atomic E-state index is -4.96. The number of hydrogen-bond donors (Lipinski definition) is 3. The first-order valence-electron chi connectivity index (χ1n) is 38.4. The highest BCUT2D eigenvalue weighted by molar-refractivity contribution is 7.47. The molecule has 0 bridgehead atoms. The minimum Gasteiger partial charge on any atom is -0.462 e. The first-order valence-corrected chi connectivity index (χ1v) is 41.4. The highest BCUT2D eigenvalue weighted by Crippen LogP contribution is 2.45. The Kier molecular flexibility index (Phi) is 64.7. The number of ether oxygens (including phenoxy) is 4. The van der Waals surface area contributed by atoms with Gasteiger partial charge in [0.15, 0.2) is 12.2 Å². The van der Waals surface area contributed by atoms with Gasteiger partial charge in [-0.15, -0.1) is 0 Å². The van der Waals surface area contributed by atoms with Gasteiger partial charge in [-0.3, -0.25) is 37.3 Å². The lowest BCUT2D eigenvalue weighted by Gasteiger charge is -2.21. The van der Waals surface area contributed by atoms with Gasteiger partial charge in [0.05, 0.1) is 26.4 Å². The second-order valence-corrected chi connectivity index (χ2v) is 29.7. The van der Waals surface area contributed by atoms with E-state index in [1.165, 1.54) is 154 Å². The number of carbonyl (C=O) groups excluding carboxylic acids is 4. The first-order chi connectivity index (χ1) is 45.4. The molecule has 0 aliphatic rings. The van der Waals surface area contributed by atoms with Crippen LogP contribution in [0.3, 0.4) is 0 Å². The van der Waals surface area contributed by atoms with Crippen molar-refractivity contribution in [2.45, 2.75) is 381 Å². The van der Waals surface area contributed by atoms with Crippen molar-refractivity contribution >= 4 is 39.5 Å². The van der Waals surface area contributed by atoms with E-state index < -0.39 is 97.5 Å². The van der Waals surface area contributed by atoms with Crippen LogP contribution in [0, 0.1) is 11.8 Å². The summed E-state index contributed by atoms with van der Waals surface area (Å²) >= 11 is 0. The molecule has 0 aromatic rings. The Morgan fingerprint density at radius 1 is 0.340 bits per heavy atom. The quantitative estimate of drug-likeness (QED) is 0.0169.